The van der Waals surface area contributed by atoms with Crippen molar-refractivity contribution >= 4 is 40.6 Å². The first-order valence-corrected chi connectivity index (χ1v) is 10.8. The maximum atomic E-state index is 12.4. The number of halogens is 1. The number of aromatic nitrogens is 2. The number of piperidine rings is 1. The zero-order valence-corrected chi connectivity index (χ0v) is 15.4. The van der Waals surface area contributed by atoms with E-state index in [2.05, 4.69) is 27.5 Å². The molecular formula is C16H22ClN4OP. The second kappa shape index (κ2) is 6.39. The Hall–Kier alpha value is -1.16. The summed E-state index contributed by atoms with van der Waals surface area (Å²) >= 11 is 6.18. The number of nitrogens with one attached hydrogen (secondary N) is 1. The Bertz CT molecular complexity index is 776. The Balaban J connectivity index is 2.02. The highest BCUT2D eigenvalue weighted by Gasteiger charge is 2.20. The predicted molar refractivity (Wildman–Crippen MR) is 97.8 cm³/mol. The third kappa shape index (κ3) is 3.68. The van der Waals surface area contributed by atoms with Gasteiger partial charge in [0.05, 0.1) is 0 Å². The van der Waals surface area contributed by atoms with E-state index >= 15 is 0 Å². The molecule has 0 unspecified atom stereocenters. The topological polar surface area (TPSA) is 58.1 Å². The second-order valence-electron chi connectivity index (χ2n) is 6.67. The van der Waals surface area contributed by atoms with Gasteiger partial charge >= 0.3 is 0 Å². The van der Waals surface area contributed by atoms with E-state index < -0.39 is 7.14 Å². The number of fused-ring (bicyclic) bond motifs is 1. The van der Waals surface area contributed by atoms with E-state index in [1.54, 1.807) is 13.3 Å². The van der Waals surface area contributed by atoms with Gasteiger partial charge in [-0.05, 0) is 45.8 Å². The van der Waals surface area contributed by atoms with Gasteiger partial charge in [-0.15, -0.1) is 10.2 Å². The lowest BCUT2D eigenvalue weighted by atomic mass is 10.1. The largest absolute Gasteiger partial charge is 0.364 e. The number of benzene rings is 1. The molecule has 1 fully saturated rings. The van der Waals surface area contributed by atoms with Gasteiger partial charge in [0.15, 0.2) is 11.0 Å². The summed E-state index contributed by atoms with van der Waals surface area (Å²) in [5, 5.41) is 14.7. The molecule has 23 heavy (non-hydrogen) atoms. The number of rotatable bonds is 3. The maximum absolute atomic E-state index is 12.4. The van der Waals surface area contributed by atoms with Gasteiger partial charge in [0.2, 0.25) is 0 Å². The van der Waals surface area contributed by atoms with Crippen molar-refractivity contribution in [3.8, 4) is 0 Å². The summed E-state index contributed by atoms with van der Waals surface area (Å²) in [4.78, 5) is 2.31. The zero-order valence-electron chi connectivity index (χ0n) is 13.7. The Morgan fingerprint density at radius 3 is 2.78 bits per heavy atom. The van der Waals surface area contributed by atoms with Crippen LogP contribution in [0.4, 0.5) is 5.82 Å². The van der Waals surface area contributed by atoms with Crippen molar-refractivity contribution < 1.29 is 4.57 Å². The van der Waals surface area contributed by atoms with E-state index in [0.717, 1.165) is 47.8 Å². The molecule has 0 saturated carbocycles. The minimum absolute atomic E-state index is 0.339. The van der Waals surface area contributed by atoms with Crippen LogP contribution >= 0.6 is 18.7 Å². The molecule has 2 aromatic rings. The lowest BCUT2D eigenvalue weighted by molar-refractivity contribution is 0.261. The van der Waals surface area contributed by atoms with Crippen LogP contribution in [0.2, 0.25) is 5.15 Å². The average molecular weight is 353 g/mol. The number of hydrogen-bond acceptors (Lipinski definition) is 5. The fraction of sp³-hybridized carbons (Fsp3) is 0.500. The summed E-state index contributed by atoms with van der Waals surface area (Å²) in [6, 6.07) is 6.03. The molecule has 1 aromatic carbocycles. The Morgan fingerprint density at radius 2 is 2.09 bits per heavy atom. The van der Waals surface area contributed by atoms with Crippen molar-refractivity contribution in [2.24, 2.45) is 0 Å². The fourth-order valence-corrected chi connectivity index (χ4v) is 4.10. The van der Waals surface area contributed by atoms with Crippen LogP contribution in [0, 0.1) is 0 Å². The molecule has 1 saturated heterocycles. The van der Waals surface area contributed by atoms with Crippen LogP contribution in [0.5, 0.6) is 0 Å². The summed E-state index contributed by atoms with van der Waals surface area (Å²) in [6.07, 6.45) is 2.27. The lowest BCUT2D eigenvalue weighted by Gasteiger charge is -2.30. The summed E-state index contributed by atoms with van der Waals surface area (Å²) < 4.78 is 12.4. The van der Waals surface area contributed by atoms with Gasteiger partial charge in [-0.2, -0.15) is 0 Å². The molecule has 124 valence electrons. The summed E-state index contributed by atoms with van der Waals surface area (Å²) in [5.41, 5.74) is 0. The SMILES string of the molecule is CN1CCC[C@@H](Nc2nnc(Cl)c3ccc(P(C)(C)=O)cc23)C1. The highest BCUT2D eigenvalue weighted by Crippen LogP contribution is 2.37. The third-order valence-corrected chi connectivity index (χ3v) is 6.11. The van der Waals surface area contributed by atoms with E-state index in [4.69, 9.17) is 11.6 Å². The van der Waals surface area contributed by atoms with Crippen LogP contribution in [0.25, 0.3) is 10.8 Å². The van der Waals surface area contributed by atoms with Gasteiger partial charge in [0.25, 0.3) is 0 Å². The van der Waals surface area contributed by atoms with E-state index in [1.165, 1.54) is 0 Å². The van der Waals surface area contributed by atoms with Crippen molar-refractivity contribution in [3.05, 3.63) is 23.4 Å². The number of likely N-dealkylation sites (tertiary alicyclic amines) is 1. The molecule has 0 bridgehead atoms. The molecule has 1 atom stereocenters. The molecule has 0 spiro atoms. The summed E-state index contributed by atoms with van der Waals surface area (Å²) in [5.74, 6) is 0.722. The second-order valence-corrected chi connectivity index (χ2v) is 10.2. The highest BCUT2D eigenvalue weighted by molar-refractivity contribution is 7.70. The fourth-order valence-electron chi connectivity index (χ4n) is 3.03. The van der Waals surface area contributed by atoms with Crippen molar-refractivity contribution in [1.29, 1.82) is 0 Å². The molecular weight excluding hydrogens is 331 g/mol. The van der Waals surface area contributed by atoms with Crippen molar-refractivity contribution in [1.82, 2.24) is 15.1 Å². The third-order valence-electron chi connectivity index (χ3n) is 4.31. The van der Waals surface area contributed by atoms with E-state index in [-0.39, 0.29) is 0 Å². The number of nitrogens with zero attached hydrogens (tertiary/aromatic N) is 3. The van der Waals surface area contributed by atoms with Crippen LogP contribution in [-0.2, 0) is 4.57 Å². The first-order chi connectivity index (χ1) is 10.8. The molecule has 1 aliphatic heterocycles. The molecule has 1 aliphatic rings. The van der Waals surface area contributed by atoms with Crippen LogP contribution in [-0.4, -0.2) is 54.6 Å². The van der Waals surface area contributed by atoms with Gasteiger partial charge < -0.3 is 14.8 Å². The Morgan fingerprint density at radius 1 is 1.30 bits per heavy atom. The van der Waals surface area contributed by atoms with E-state index in [1.807, 2.05) is 18.2 Å². The average Bonchev–Trinajstić information content (AvgIpc) is 2.49. The van der Waals surface area contributed by atoms with Gasteiger partial charge in [0.1, 0.15) is 7.14 Å². The molecule has 3 rings (SSSR count). The molecule has 0 aliphatic carbocycles. The van der Waals surface area contributed by atoms with Crippen LogP contribution in [0.1, 0.15) is 12.8 Å². The zero-order chi connectivity index (χ0) is 16.6. The summed E-state index contributed by atoms with van der Waals surface area (Å²) in [7, 11) is -0.210. The summed E-state index contributed by atoms with van der Waals surface area (Å²) in [6.45, 7) is 5.65. The standard InChI is InChI=1S/C16H22ClN4OP/c1-21-8-4-5-11(10-21)18-16-14-9-12(23(2,3)22)6-7-13(14)15(17)19-20-16/h6-7,9,11H,4-5,8,10H2,1-3H3,(H,18,20)/t11-/m1/s1. The number of anilines is 1. The molecule has 5 nitrogen and oxygen atoms in total. The minimum atomic E-state index is -2.34. The molecule has 0 radical (unpaired) electrons. The van der Waals surface area contributed by atoms with E-state index in [0.29, 0.717) is 11.2 Å². The van der Waals surface area contributed by atoms with Crippen molar-refractivity contribution in [2.45, 2.75) is 18.9 Å². The molecule has 1 aromatic heterocycles. The normalized spacial score (nSPS) is 19.9. The first-order valence-electron chi connectivity index (χ1n) is 7.81. The minimum Gasteiger partial charge on any atom is -0.364 e. The Kier molecular flexibility index (Phi) is 4.63. The number of hydrogen-bond donors (Lipinski definition) is 1. The van der Waals surface area contributed by atoms with Crippen molar-refractivity contribution in [2.75, 3.05) is 38.8 Å². The van der Waals surface area contributed by atoms with Gasteiger partial charge in [-0.25, -0.2) is 0 Å². The van der Waals surface area contributed by atoms with Crippen molar-refractivity contribution in [3.63, 3.8) is 0 Å². The predicted octanol–water partition coefficient (Wildman–Crippen LogP) is 3.04. The quantitative estimate of drug-likeness (QED) is 0.860. The molecule has 7 heteroatoms. The highest BCUT2D eigenvalue weighted by atomic mass is 35.5. The number of likely N-dealkylation sites (N-methyl/N-ethyl adjacent to an activating group) is 1. The van der Waals surface area contributed by atoms with E-state index in [9.17, 15) is 4.57 Å². The smallest absolute Gasteiger partial charge is 0.159 e. The monoisotopic (exact) mass is 352 g/mol. The van der Waals surface area contributed by atoms with Crippen LogP contribution in [0.3, 0.4) is 0 Å². The maximum Gasteiger partial charge on any atom is 0.159 e. The van der Waals surface area contributed by atoms with Gasteiger partial charge in [0, 0.05) is 28.7 Å². The molecule has 1 N–H and O–H groups in total. The van der Waals surface area contributed by atoms with Gasteiger partial charge in [-0.3, -0.25) is 0 Å². The molecule has 0 amide bonds. The van der Waals surface area contributed by atoms with Crippen LogP contribution in [0.15, 0.2) is 18.2 Å². The van der Waals surface area contributed by atoms with Gasteiger partial charge in [-0.1, -0.05) is 23.7 Å². The lowest BCUT2D eigenvalue weighted by Crippen LogP contribution is -2.40. The van der Waals surface area contributed by atoms with Crippen LogP contribution < -0.4 is 10.6 Å². The Labute approximate surface area is 141 Å². The molecule has 2 heterocycles. The first kappa shape index (κ1) is 16.7.